The summed E-state index contributed by atoms with van der Waals surface area (Å²) in [6, 6.07) is 0. The molecule has 0 radical (unpaired) electrons. The van der Waals surface area contributed by atoms with Gasteiger partial charge in [0.15, 0.2) is 0 Å². The van der Waals surface area contributed by atoms with Crippen molar-refractivity contribution in [3.63, 3.8) is 0 Å². The van der Waals surface area contributed by atoms with E-state index >= 15 is 0 Å². The Morgan fingerprint density at radius 1 is 1.00 bits per heavy atom. The van der Waals surface area contributed by atoms with Crippen molar-refractivity contribution in [1.29, 1.82) is 0 Å². The number of primary amides is 2. The molecule has 0 saturated carbocycles. The zero-order valence-corrected chi connectivity index (χ0v) is 7.10. The van der Waals surface area contributed by atoms with Gasteiger partial charge in [0, 0.05) is 0 Å². The first-order valence-electron chi connectivity index (χ1n) is 3.43. The van der Waals surface area contributed by atoms with Crippen LogP contribution in [0.25, 0.3) is 0 Å². The van der Waals surface area contributed by atoms with Gasteiger partial charge in [-0.3, -0.25) is 14.4 Å². The zero-order chi connectivity index (χ0) is 11.3. The van der Waals surface area contributed by atoms with Crippen LogP contribution in [0.3, 0.4) is 0 Å². The lowest BCUT2D eigenvalue weighted by Gasteiger charge is -2.16. The lowest BCUT2D eigenvalue weighted by atomic mass is 10.4. The second kappa shape index (κ2) is 4.80. The van der Waals surface area contributed by atoms with E-state index in [0.717, 1.165) is 0 Å². The molecule has 0 spiro atoms. The summed E-state index contributed by atoms with van der Waals surface area (Å²) in [4.78, 5) is 42.3. The second-order valence-corrected chi connectivity index (χ2v) is 2.40. The normalized spacial score (nSPS) is 9.14. The molecule has 0 fully saturated rings. The first-order valence-corrected chi connectivity index (χ1v) is 3.43. The topological polar surface area (TPSA) is 144 Å². The largest absolute Gasteiger partial charge is 0.474 e. The van der Waals surface area contributed by atoms with Gasteiger partial charge in [-0.1, -0.05) is 0 Å². The summed E-state index contributed by atoms with van der Waals surface area (Å²) in [5.74, 6) is -5.04. The van der Waals surface area contributed by atoms with Crippen LogP contribution in [-0.4, -0.2) is 46.8 Å². The molecule has 0 aromatic rings. The Morgan fingerprint density at radius 2 is 1.36 bits per heavy atom. The summed E-state index contributed by atoms with van der Waals surface area (Å²) in [7, 11) is 0. The Kier molecular flexibility index (Phi) is 4.07. The van der Waals surface area contributed by atoms with E-state index in [2.05, 4.69) is 0 Å². The number of carboxylic acids is 1. The van der Waals surface area contributed by atoms with Crippen molar-refractivity contribution >= 4 is 23.7 Å². The molecule has 8 nitrogen and oxygen atoms in total. The minimum Gasteiger partial charge on any atom is -0.474 e. The van der Waals surface area contributed by atoms with E-state index in [-0.39, 0.29) is 0 Å². The van der Waals surface area contributed by atoms with Gasteiger partial charge in [-0.15, -0.1) is 0 Å². The van der Waals surface area contributed by atoms with Gasteiger partial charge in [-0.25, -0.2) is 4.79 Å². The number of carbonyl (C=O) groups excluding carboxylic acids is 3. The minimum absolute atomic E-state index is 0.451. The predicted octanol–water partition coefficient (Wildman–Crippen LogP) is -3.13. The van der Waals surface area contributed by atoms with Crippen molar-refractivity contribution in [2.45, 2.75) is 0 Å². The highest BCUT2D eigenvalue weighted by atomic mass is 16.4. The van der Waals surface area contributed by atoms with Crippen LogP contribution in [0.15, 0.2) is 0 Å². The number of rotatable bonds is 4. The maximum absolute atomic E-state index is 10.8. The number of nitrogens with two attached hydrogens (primary N) is 2. The van der Waals surface area contributed by atoms with Crippen LogP contribution in [0.2, 0.25) is 0 Å². The van der Waals surface area contributed by atoms with Gasteiger partial charge in [0.2, 0.25) is 11.8 Å². The number of amides is 3. The molecule has 0 heterocycles. The Hall–Kier alpha value is -2.12. The summed E-state index contributed by atoms with van der Waals surface area (Å²) < 4.78 is 0. The van der Waals surface area contributed by atoms with Gasteiger partial charge < -0.3 is 21.5 Å². The molecule has 0 unspecified atom stereocenters. The smallest absolute Gasteiger partial charge is 0.394 e. The Labute approximate surface area is 78.4 Å². The fraction of sp³-hybridized carbons (Fsp3) is 0.333. The molecular weight excluding hydrogens is 194 g/mol. The van der Waals surface area contributed by atoms with Crippen LogP contribution in [0.4, 0.5) is 0 Å². The molecule has 8 heteroatoms. The number of nitrogens with zero attached hydrogens (tertiary/aromatic N) is 1. The van der Waals surface area contributed by atoms with Gasteiger partial charge >= 0.3 is 11.9 Å². The minimum atomic E-state index is -1.78. The third kappa shape index (κ3) is 4.04. The van der Waals surface area contributed by atoms with E-state index in [4.69, 9.17) is 16.6 Å². The van der Waals surface area contributed by atoms with Gasteiger partial charge in [-0.2, -0.15) is 0 Å². The molecule has 14 heavy (non-hydrogen) atoms. The maximum Gasteiger partial charge on any atom is 0.394 e. The van der Waals surface area contributed by atoms with E-state index < -0.39 is 36.8 Å². The number of aliphatic carboxylic acids is 1. The second-order valence-electron chi connectivity index (χ2n) is 2.40. The Morgan fingerprint density at radius 3 is 1.57 bits per heavy atom. The molecule has 0 aromatic heterocycles. The van der Waals surface area contributed by atoms with Crippen LogP contribution in [-0.2, 0) is 19.2 Å². The summed E-state index contributed by atoms with van der Waals surface area (Å²) in [5, 5.41) is 8.28. The standard InChI is InChI=1S/C6H9N3O5/c7-3(10)1-9(2-4(8)11)5(12)6(13)14/h1-2H2,(H2,7,10)(H2,8,11)(H,13,14). The van der Waals surface area contributed by atoms with Gasteiger partial charge in [0.25, 0.3) is 0 Å². The number of carbonyl (C=O) groups is 4. The molecule has 78 valence electrons. The van der Waals surface area contributed by atoms with Crippen molar-refractivity contribution in [3.05, 3.63) is 0 Å². The van der Waals surface area contributed by atoms with Crippen molar-refractivity contribution < 1.29 is 24.3 Å². The van der Waals surface area contributed by atoms with Crippen molar-refractivity contribution in [2.24, 2.45) is 11.5 Å². The monoisotopic (exact) mass is 203 g/mol. The van der Waals surface area contributed by atoms with Crippen molar-refractivity contribution in [1.82, 2.24) is 4.90 Å². The number of hydrogen-bond donors (Lipinski definition) is 3. The van der Waals surface area contributed by atoms with E-state index in [0.29, 0.717) is 4.90 Å². The quantitative estimate of drug-likeness (QED) is 0.414. The number of carboxylic acid groups (broad SMARTS) is 1. The maximum atomic E-state index is 10.8. The predicted molar refractivity (Wildman–Crippen MR) is 42.6 cm³/mol. The molecule has 0 aliphatic heterocycles. The molecule has 0 rings (SSSR count). The summed E-state index contributed by atoms with van der Waals surface area (Å²) in [6.07, 6.45) is 0. The molecule has 0 bridgehead atoms. The average Bonchev–Trinajstić information content (AvgIpc) is 1.99. The van der Waals surface area contributed by atoms with E-state index in [1.807, 2.05) is 0 Å². The fourth-order valence-electron chi connectivity index (χ4n) is 0.711. The van der Waals surface area contributed by atoms with Crippen LogP contribution < -0.4 is 11.5 Å². The highest BCUT2D eigenvalue weighted by Gasteiger charge is 2.23. The SMILES string of the molecule is NC(=O)CN(CC(N)=O)C(=O)C(=O)O. The van der Waals surface area contributed by atoms with E-state index in [1.165, 1.54) is 0 Å². The Bertz CT molecular complexity index is 271. The lowest BCUT2D eigenvalue weighted by molar-refractivity contribution is -0.156. The van der Waals surface area contributed by atoms with Gasteiger partial charge in [0.1, 0.15) is 13.1 Å². The average molecular weight is 203 g/mol. The summed E-state index contributed by atoms with van der Waals surface area (Å²) >= 11 is 0. The van der Waals surface area contributed by atoms with Crippen molar-refractivity contribution in [3.8, 4) is 0 Å². The van der Waals surface area contributed by atoms with E-state index in [1.54, 1.807) is 0 Å². The van der Waals surface area contributed by atoms with E-state index in [9.17, 15) is 19.2 Å². The molecule has 3 amide bonds. The van der Waals surface area contributed by atoms with Gasteiger partial charge in [-0.05, 0) is 0 Å². The zero-order valence-electron chi connectivity index (χ0n) is 7.10. The van der Waals surface area contributed by atoms with Crippen molar-refractivity contribution in [2.75, 3.05) is 13.1 Å². The third-order valence-electron chi connectivity index (χ3n) is 1.16. The molecule has 0 aliphatic carbocycles. The first-order chi connectivity index (χ1) is 6.34. The van der Waals surface area contributed by atoms with Crippen LogP contribution in [0, 0.1) is 0 Å². The first kappa shape index (κ1) is 11.9. The van der Waals surface area contributed by atoms with Crippen LogP contribution in [0.5, 0.6) is 0 Å². The summed E-state index contributed by atoms with van der Waals surface area (Å²) in [5.41, 5.74) is 9.46. The number of hydrogen-bond acceptors (Lipinski definition) is 4. The summed E-state index contributed by atoms with van der Waals surface area (Å²) in [6.45, 7) is -1.32. The molecule has 0 aliphatic rings. The van der Waals surface area contributed by atoms with Gasteiger partial charge in [0.05, 0.1) is 0 Å². The molecule has 0 atom stereocenters. The highest BCUT2D eigenvalue weighted by Crippen LogP contribution is 1.89. The highest BCUT2D eigenvalue weighted by molar-refractivity contribution is 6.32. The van der Waals surface area contributed by atoms with Crippen LogP contribution in [0.1, 0.15) is 0 Å². The molecular formula is C6H9N3O5. The molecule has 5 N–H and O–H groups in total. The third-order valence-corrected chi connectivity index (χ3v) is 1.16. The molecule has 0 saturated heterocycles. The Balaban J connectivity index is 4.54. The van der Waals surface area contributed by atoms with Crippen LogP contribution >= 0.6 is 0 Å². The lowest BCUT2D eigenvalue weighted by Crippen LogP contribution is -2.46. The molecule has 0 aromatic carbocycles. The fourth-order valence-corrected chi connectivity index (χ4v) is 0.711.